The Hall–Kier alpha value is -2.93. The lowest BCUT2D eigenvalue weighted by Gasteiger charge is -2.18. The van der Waals surface area contributed by atoms with Crippen LogP contribution in [0.2, 0.25) is 0 Å². The summed E-state index contributed by atoms with van der Waals surface area (Å²) in [6.07, 6.45) is 1.87. The van der Waals surface area contributed by atoms with Gasteiger partial charge in [0.15, 0.2) is 11.7 Å². The molecule has 1 amide bonds. The highest BCUT2D eigenvalue weighted by Gasteiger charge is 2.32. The quantitative estimate of drug-likeness (QED) is 0.642. The van der Waals surface area contributed by atoms with Crippen LogP contribution >= 0.6 is 0 Å². The van der Waals surface area contributed by atoms with Crippen LogP contribution in [0.4, 0.5) is 0 Å². The van der Waals surface area contributed by atoms with Crippen LogP contribution in [0.3, 0.4) is 0 Å². The van der Waals surface area contributed by atoms with E-state index in [4.69, 9.17) is 0 Å². The van der Waals surface area contributed by atoms with E-state index < -0.39 is 11.7 Å². The molecular formula is C20H18N2O2. The maximum atomic E-state index is 12.6. The molecule has 2 aromatic carbocycles. The Morgan fingerprint density at radius 3 is 2.08 bits per heavy atom. The van der Waals surface area contributed by atoms with E-state index in [1.54, 1.807) is 17.0 Å². The van der Waals surface area contributed by atoms with Gasteiger partial charge in [0.25, 0.3) is 0 Å². The first-order valence-electron chi connectivity index (χ1n) is 8.09. The van der Waals surface area contributed by atoms with Crippen LogP contribution in [0.5, 0.6) is 0 Å². The molecule has 1 aliphatic heterocycles. The van der Waals surface area contributed by atoms with Gasteiger partial charge in [0, 0.05) is 18.7 Å². The second-order valence-corrected chi connectivity index (χ2v) is 5.90. The van der Waals surface area contributed by atoms with Crippen molar-refractivity contribution in [3.63, 3.8) is 0 Å². The molecule has 1 saturated heterocycles. The predicted molar refractivity (Wildman–Crippen MR) is 91.1 cm³/mol. The monoisotopic (exact) mass is 318 g/mol. The summed E-state index contributed by atoms with van der Waals surface area (Å²) < 4.78 is 0. The SMILES string of the molecule is N#C[C@H](C(=O)c1ccc(-c2ccccc2)cc1)C(=O)N1CCCC1. The summed E-state index contributed by atoms with van der Waals surface area (Å²) >= 11 is 0. The average Bonchev–Trinajstić information content (AvgIpc) is 3.18. The molecule has 120 valence electrons. The van der Waals surface area contributed by atoms with Crippen molar-refractivity contribution in [3.05, 3.63) is 60.2 Å². The number of carbonyl (C=O) groups excluding carboxylic acids is 2. The number of nitriles is 1. The minimum atomic E-state index is -1.24. The summed E-state index contributed by atoms with van der Waals surface area (Å²) in [5.74, 6) is -2.04. The van der Waals surface area contributed by atoms with Crippen LogP contribution in [0.25, 0.3) is 11.1 Å². The zero-order valence-electron chi connectivity index (χ0n) is 13.3. The van der Waals surface area contributed by atoms with Crippen LogP contribution in [0.15, 0.2) is 54.6 Å². The highest BCUT2D eigenvalue weighted by Crippen LogP contribution is 2.21. The molecule has 3 rings (SSSR count). The van der Waals surface area contributed by atoms with Gasteiger partial charge in [-0.1, -0.05) is 54.6 Å². The van der Waals surface area contributed by atoms with Crippen LogP contribution in [-0.2, 0) is 4.79 Å². The third-order valence-electron chi connectivity index (χ3n) is 4.33. The fourth-order valence-electron chi connectivity index (χ4n) is 2.97. The number of amides is 1. The third-order valence-corrected chi connectivity index (χ3v) is 4.33. The topological polar surface area (TPSA) is 61.2 Å². The largest absolute Gasteiger partial charge is 0.341 e. The number of benzene rings is 2. The summed E-state index contributed by atoms with van der Waals surface area (Å²) in [7, 11) is 0. The van der Waals surface area contributed by atoms with Gasteiger partial charge in [-0.3, -0.25) is 9.59 Å². The minimum Gasteiger partial charge on any atom is -0.341 e. The van der Waals surface area contributed by atoms with Crippen LogP contribution in [0.1, 0.15) is 23.2 Å². The van der Waals surface area contributed by atoms with Gasteiger partial charge in [0.05, 0.1) is 6.07 Å². The van der Waals surface area contributed by atoms with Crippen molar-refractivity contribution >= 4 is 11.7 Å². The first kappa shape index (κ1) is 15.9. The van der Waals surface area contributed by atoms with Crippen LogP contribution in [-0.4, -0.2) is 29.7 Å². The number of carbonyl (C=O) groups is 2. The smallest absolute Gasteiger partial charge is 0.247 e. The molecule has 1 aliphatic rings. The van der Waals surface area contributed by atoms with Crippen LogP contribution < -0.4 is 0 Å². The number of nitrogens with zero attached hydrogens (tertiary/aromatic N) is 2. The van der Waals surface area contributed by atoms with Gasteiger partial charge in [-0.25, -0.2) is 0 Å². The second kappa shape index (κ2) is 7.10. The Morgan fingerprint density at radius 1 is 0.917 bits per heavy atom. The van der Waals surface area contributed by atoms with Gasteiger partial charge < -0.3 is 4.90 Å². The van der Waals surface area contributed by atoms with Crippen molar-refractivity contribution in [2.45, 2.75) is 12.8 Å². The zero-order chi connectivity index (χ0) is 16.9. The molecule has 0 spiro atoms. The molecule has 2 aromatic rings. The van der Waals surface area contributed by atoms with Crippen molar-refractivity contribution in [2.24, 2.45) is 5.92 Å². The molecule has 1 heterocycles. The molecule has 4 heteroatoms. The third kappa shape index (κ3) is 3.21. The van der Waals surface area contributed by atoms with E-state index in [1.165, 1.54) is 0 Å². The first-order chi connectivity index (χ1) is 11.7. The number of ketones is 1. The van der Waals surface area contributed by atoms with Gasteiger partial charge in [-0.2, -0.15) is 5.26 Å². The number of hydrogen-bond donors (Lipinski definition) is 0. The minimum absolute atomic E-state index is 0.368. The molecule has 0 N–H and O–H groups in total. The Balaban J connectivity index is 1.79. The van der Waals surface area contributed by atoms with Gasteiger partial charge in [0.1, 0.15) is 0 Å². The predicted octanol–water partition coefficient (Wildman–Crippen LogP) is 3.30. The first-order valence-corrected chi connectivity index (χ1v) is 8.09. The number of rotatable bonds is 4. The summed E-state index contributed by atoms with van der Waals surface area (Å²) in [6.45, 7) is 1.27. The molecule has 24 heavy (non-hydrogen) atoms. The molecule has 0 aromatic heterocycles. The van der Waals surface area contributed by atoms with E-state index in [1.807, 2.05) is 48.5 Å². The van der Waals surface area contributed by atoms with Crippen molar-refractivity contribution in [2.75, 3.05) is 13.1 Å². The standard InChI is InChI=1S/C20H18N2O2/c21-14-18(20(24)22-12-4-5-13-22)19(23)17-10-8-16(9-11-17)15-6-2-1-3-7-15/h1-3,6-11,18H,4-5,12-13H2/t18-/m1/s1. The maximum Gasteiger partial charge on any atom is 0.247 e. The number of hydrogen-bond acceptors (Lipinski definition) is 3. The molecule has 0 bridgehead atoms. The molecule has 0 unspecified atom stereocenters. The Morgan fingerprint density at radius 2 is 1.50 bits per heavy atom. The van der Waals surface area contributed by atoms with E-state index >= 15 is 0 Å². The number of likely N-dealkylation sites (tertiary alicyclic amines) is 1. The van der Waals surface area contributed by atoms with Crippen molar-refractivity contribution in [3.8, 4) is 17.2 Å². The lowest BCUT2D eigenvalue weighted by atomic mass is 9.95. The molecule has 1 fully saturated rings. The second-order valence-electron chi connectivity index (χ2n) is 5.90. The molecule has 4 nitrogen and oxygen atoms in total. The summed E-state index contributed by atoms with van der Waals surface area (Å²) in [5, 5.41) is 9.30. The molecule has 0 saturated carbocycles. The highest BCUT2D eigenvalue weighted by atomic mass is 16.2. The summed E-state index contributed by atoms with van der Waals surface area (Å²) in [6, 6.07) is 18.8. The van der Waals surface area contributed by atoms with E-state index in [0.29, 0.717) is 18.7 Å². The lowest BCUT2D eigenvalue weighted by Crippen LogP contribution is -2.37. The molecule has 1 atom stereocenters. The van der Waals surface area contributed by atoms with Gasteiger partial charge in [-0.15, -0.1) is 0 Å². The fraction of sp³-hybridized carbons (Fsp3) is 0.250. The summed E-state index contributed by atoms with van der Waals surface area (Å²) in [4.78, 5) is 26.5. The van der Waals surface area contributed by atoms with Crippen LogP contribution in [0, 0.1) is 17.2 Å². The van der Waals surface area contributed by atoms with Gasteiger partial charge in [0.2, 0.25) is 5.91 Å². The van der Waals surface area contributed by atoms with Gasteiger partial charge in [-0.05, 0) is 24.0 Å². The maximum absolute atomic E-state index is 12.6. The lowest BCUT2D eigenvalue weighted by molar-refractivity contribution is -0.131. The molecular weight excluding hydrogens is 300 g/mol. The zero-order valence-corrected chi connectivity index (χ0v) is 13.3. The van der Waals surface area contributed by atoms with E-state index in [9.17, 15) is 14.9 Å². The number of Topliss-reactive ketones (excluding diaryl/α,β-unsaturated/α-hetero) is 1. The fourth-order valence-corrected chi connectivity index (χ4v) is 2.97. The van der Waals surface area contributed by atoms with Crippen molar-refractivity contribution < 1.29 is 9.59 Å². The Bertz CT molecular complexity index is 770. The van der Waals surface area contributed by atoms with Crippen molar-refractivity contribution in [1.29, 1.82) is 5.26 Å². The van der Waals surface area contributed by atoms with E-state index in [2.05, 4.69) is 0 Å². The summed E-state index contributed by atoms with van der Waals surface area (Å²) in [5.41, 5.74) is 2.45. The van der Waals surface area contributed by atoms with E-state index in [-0.39, 0.29) is 5.91 Å². The van der Waals surface area contributed by atoms with E-state index in [0.717, 1.165) is 24.0 Å². The average molecular weight is 318 g/mol. The highest BCUT2D eigenvalue weighted by molar-refractivity contribution is 6.12. The molecule has 0 aliphatic carbocycles. The van der Waals surface area contributed by atoms with Crippen molar-refractivity contribution in [1.82, 2.24) is 4.90 Å². The Kier molecular flexibility index (Phi) is 4.72. The molecule has 0 radical (unpaired) electrons. The Labute approximate surface area is 141 Å². The normalized spacial score (nSPS) is 14.9. The van der Waals surface area contributed by atoms with Gasteiger partial charge >= 0.3 is 0 Å².